The highest BCUT2D eigenvalue weighted by Crippen LogP contribution is 2.75. The maximum atomic E-state index is 10.9. The molecule has 0 amide bonds. The van der Waals surface area contributed by atoms with E-state index in [0.717, 1.165) is 12.8 Å². The molecule has 20 heavy (non-hydrogen) atoms. The van der Waals surface area contributed by atoms with Crippen LogP contribution in [0.2, 0.25) is 0 Å². The van der Waals surface area contributed by atoms with Crippen LogP contribution >= 0.6 is 0 Å². The topological polar surface area (TPSA) is 47.9 Å². The number of hydrogen-bond acceptors (Lipinski definition) is 4. The minimum Gasteiger partial charge on any atom is -0.363 e. The second-order valence-electron chi connectivity index (χ2n) is 6.48. The summed E-state index contributed by atoms with van der Waals surface area (Å²) in [5.74, 6) is -1.90. The van der Waals surface area contributed by atoms with Crippen molar-refractivity contribution in [2.24, 2.45) is 5.41 Å². The molecule has 1 N–H and O–H groups in total. The first-order valence-electron chi connectivity index (χ1n) is 7.21. The van der Waals surface area contributed by atoms with Crippen LogP contribution in [0.15, 0.2) is 24.3 Å². The zero-order valence-corrected chi connectivity index (χ0v) is 12.1. The molecule has 4 nitrogen and oxygen atoms in total. The Kier molecular flexibility index (Phi) is 2.32. The Morgan fingerprint density at radius 2 is 1.65 bits per heavy atom. The number of aliphatic hydroxyl groups is 1. The highest BCUT2D eigenvalue weighted by atomic mass is 17.3. The van der Waals surface area contributed by atoms with Gasteiger partial charge in [-0.25, -0.2) is 0 Å². The third-order valence-corrected chi connectivity index (χ3v) is 5.86. The van der Waals surface area contributed by atoms with E-state index < -0.39 is 17.0 Å². The lowest BCUT2D eigenvalue weighted by Crippen LogP contribution is -2.56. The van der Waals surface area contributed by atoms with E-state index in [2.05, 4.69) is 24.3 Å². The van der Waals surface area contributed by atoms with Crippen molar-refractivity contribution in [2.45, 2.75) is 50.1 Å². The zero-order valence-electron chi connectivity index (χ0n) is 12.1. The summed E-state index contributed by atoms with van der Waals surface area (Å²) >= 11 is 0. The predicted molar refractivity (Wildman–Crippen MR) is 71.8 cm³/mol. The third-order valence-electron chi connectivity index (χ3n) is 5.86. The van der Waals surface area contributed by atoms with E-state index in [-0.39, 0.29) is 11.8 Å². The predicted octanol–water partition coefficient (Wildman–Crippen LogP) is 2.68. The smallest absolute Gasteiger partial charge is 0.210 e. The molecule has 1 aromatic rings. The van der Waals surface area contributed by atoms with Gasteiger partial charge >= 0.3 is 0 Å². The largest absolute Gasteiger partial charge is 0.363 e. The van der Waals surface area contributed by atoms with Crippen LogP contribution in [-0.4, -0.2) is 23.8 Å². The molecule has 108 valence electrons. The molecular formula is C16H20O4. The molecule has 1 aromatic carbocycles. The van der Waals surface area contributed by atoms with Gasteiger partial charge in [0.1, 0.15) is 0 Å². The Morgan fingerprint density at radius 1 is 1.10 bits per heavy atom. The average molecular weight is 276 g/mol. The lowest BCUT2D eigenvalue weighted by atomic mass is 9.64. The summed E-state index contributed by atoms with van der Waals surface area (Å²) in [6, 6.07) is 8.43. The minimum absolute atomic E-state index is 0.200. The molecule has 4 rings (SSSR count). The van der Waals surface area contributed by atoms with E-state index in [1.165, 1.54) is 11.1 Å². The van der Waals surface area contributed by atoms with Crippen LogP contribution in [0.1, 0.15) is 49.7 Å². The number of hydrogen-bond donors (Lipinski definition) is 1. The number of fused-ring (bicyclic) bond motifs is 3. The Bertz CT molecular complexity index is 536. The van der Waals surface area contributed by atoms with Crippen molar-refractivity contribution in [1.29, 1.82) is 0 Å². The van der Waals surface area contributed by atoms with Crippen LogP contribution in [0, 0.1) is 5.41 Å². The molecule has 1 heterocycles. The summed E-state index contributed by atoms with van der Waals surface area (Å²) in [4.78, 5) is 10.8. The second kappa shape index (κ2) is 3.63. The van der Waals surface area contributed by atoms with E-state index >= 15 is 0 Å². The van der Waals surface area contributed by atoms with E-state index in [1.807, 2.05) is 6.92 Å². The van der Waals surface area contributed by atoms with Gasteiger partial charge < -0.3 is 9.84 Å². The van der Waals surface area contributed by atoms with E-state index in [1.54, 1.807) is 14.0 Å². The highest BCUT2D eigenvalue weighted by molar-refractivity contribution is 5.48. The van der Waals surface area contributed by atoms with E-state index in [0.29, 0.717) is 0 Å². The molecular weight excluding hydrogens is 256 g/mol. The molecule has 2 aliphatic carbocycles. The van der Waals surface area contributed by atoms with Crippen molar-refractivity contribution in [3.05, 3.63) is 35.4 Å². The fourth-order valence-corrected chi connectivity index (χ4v) is 5.18. The standard InChI is InChI=1S/C16H20O4/c1-14(17)16(15(2,18-3)20-19-14)12-8-9-13(16)11-7-5-4-6-10(11)12/h4-7,12-13,17H,8-9H2,1-3H3/t12-,13-,14+,15+/m1/s1. The molecule has 2 fully saturated rings. The van der Waals surface area contributed by atoms with Gasteiger partial charge in [0.25, 0.3) is 0 Å². The average Bonchev–Trinajstić information content (AvgIpc) is 3.05. The first-order valence-corrected chi connectivity index (χ1v) is 7.21. The summed E-state index contributed by atoms with van der Waals surface area (Å²) in [7, 11) is 1.62. The summed E-state index contributed by atoms with van der Waals surface area (Å²) in [6.45, 7) is 3.58. The van der Waals surface area contributed by atoms with E-state index in [4.69, 9.17) is 14.5 Å². The van der Waals surface area contributed by atoms with Crippen molar-refractivity contribution in [1.82, 2.24) is 0 Å². The number of ether oxygens (including phenoxy) is 1. The fraction of sp³-hybridized carbons (Fsp3) is 0.625. The fourth-order valence-electron chi connectivity index (χ4n) is 5.18. The van der Waals surface area contributed by atoms with Crippen LogP contribution in [0.3, 0.4) is 0 Å². The molecule has 1 spiro atoms. The Labute approximate surface area is 118 Å². The Morgan fingerprint density at radius 3 is 2.15 bits per heavy atom. The number of methoxy groups -OCH3 is 1. The maximum Gasteiger partial charge on any atom is 0.210 e. The number of rotatable bonds is 1. The normalized spacial score (nSPS) is 49.0. The third kappa shape index (κ3) is 1.11. The molecule has 4 heteroatoms. The molecule has 1 saturated heterocycles. The van der Waals surface area contributed by atoms with Crippen LogP contribution in [0.5, 0.6) is 0 Å². The zero-order chi connectivity index (χ0) is 14.2. The molecule has 2 bridgehead atoms. The lowest BCUT2D eigenvalue weighted by molar-refractivity contribution is -0.418. The van der Waals surface area contributed by atoms with Crippen LogP contribution < -0.4 is 0 Å². The summed E-state index contributed by atoms with van der Waals surface area (Å²) in [5, 5.41) is 10.9. The van der Waals surface area contributed by atoms with Gasteiger partial charge in [-0.3, -0.25) is 0 Å². The lowest BCUT2D eigenvalue weighted by Gasteiger charge is -2.44. The quantitative estimate of drug-likeness (QED) is 0.801. The molecule has 0 aromatic heterocycles. The van der Waals surface area contributed by atoms with Gasteiger partial charge in [0.2, 0.25) is 11.6 Å². The van der Waals surface area contributed by atoms with E-state index in [9.17, 15) is 5.11 Å². The summed E-state index contributed by atoms with van der Waals surface area (Å²) < 4.78 is 5.68. The first kappa shape index (κ1) is 12.8. The second-order valence-corrected chi connectivity index (χ2v) is 6.48. The van der Waals surface area contributed by atoms with Gasteiger partial charge in [0.05, 0.1) is 5.41 Å². The van der Waals surface area contributed by atoms with Crippen molar-refractivity contribution in [3.63, 3.8) is 0 Å². The summed E-state index contributed by atoms with van der Waals surface area (Å²) in [5.41, 5.74) is 2.03. The van der Waals surface area contributed by atoms with Crippen LogP contribution in [0.25, 0.3) is 0 Å². The molecule has 4 atom stereocenters. The van der Waals surface area contributed by atoms with Gasteiger partial charge in [-0.15, -0.1) is 0 Å². The van der Waals surface area contributed by atoms with Crippen LogP contribution in [-0.2, 0) is 14.5 Å². The minimum atomic E-state index is -1.36. The Hall–Kier alpha value is -0.940. The molecule has 1 aliphatic heterocycles. The van der Waals surface area contributed by atoms with Gasteiger partial charge in [-0.05, 0) is 37.8 Å². The first-order chi connectivity index (χ1) is 9.48. The van der Waals surface area contributed by atoms with Crippen molar-refractivity contribution in [2.75, 3.05) is 7.11 Å². The van der Waals surface area contributed by atoms with Gasteiger partial charge in [0.15, 0.2) is 0 Å². The van der Waals surface area contributed by atoms with Crippen LogP contribution in [0.4, 0.5) is 0 Å². The monoisotopic (exact) mass is 276 g/mol. The van der Waals surface area contributed by atoms with Gasteiger partial charge in [0, 0.05) is 18.9 Å². The SMILES string of the molecule is CO[C@@]1(C)OO[C@](C)(O)C12[C@@H]1CC[C@@H]2c2ccccc21. The maximum absolute atomic E-state index is 10.9. The summed E-state index contributed by atoms with van der Waals surface area (Å²) in [6.07, 6.45) is 2.06. The molecule has 3 aliphatic rings. The van der Waals surface area contributed by atoms with Gasteiger partial charge in [-0.1, -0.05) is 24.3 Å². The molecule has 0 unspecified atom stereocenters. The van der Waals surface area contributed by atoms with Crippen molar-refractivity contribution in [3.8, 4) is 0 Å². The van der Waals surface area contributed by atoms with Gasteiger partial charge in [-0.2, -0.15) is 9.78 Å². The number of benzene rings is 1. The van der Waals surface area contributed by atoms with Crippen molar-refractivity contribution < 1.29 is 19.6 Å². The molecule has 1 saturated carbocycles. The van der Waals surface area contributed by atoms with Crippen molar-refractivity contribution >= 4 is 0 Å². The Balaban J connectivity index is 1.98. The molecule has 0 radical (unpaired) electrons. The highest BCUT2D eigenvalue weighted by Gasteiger charge is 2.79.